The van der Waals surface area contributed by atoms with E-state index in [2.05, 4.69) is 188 Å². The number of hydrogen-bond donors (Lipinski definition) is 0. The van der Waals surface area contributed by atoms with E-state index in [0.29, 0.717) is 0 Å². The molecule has 4 aliphatic carbocycles. The monoisotopic (exact) mass is 761 g/mol. The number of nitrogens with zero attached hydrogens (tertiary/aromatic N) is 1. The molecule has 1 heterocycles. The highest BCUT2D eigenvalue weighted by atomic mass is 14.7. The van der Waals surface area contributed by atoms with Gasteiger partial charge in [0, 0.05) is 23.7 Å². The summed E-state index contributed by atoms with van der Waals surface area (Å²) in [5, 5.41) is 2.63. The Morgan fingerprint density at radius 3 is 1.63 bits per heavy atom. The van der Waals surface area contributed by atoms with Gasteiger partial charge in [-0.05, 0) is 141 Å². The molecule has 0 N–H and O–H groups in total. The molecule has 0 amide bonds. The maximum absolute atomic E-state index is 4.88. The molecule has 0 radical (unpaired) electrons. The van der Waals surface area contributed by atoms with Crippen LogP contribution in [0.3, 0.4) is 0 Å². The molecule has 1 heteroatoms. The highest BCUT2D eigenvalue weighted by molar-refractivity contribution is 6.19. The summed E-state index contributed by atoms with van der Waals surface area (Å²) < 4.78 is 0. The average molecular weight is 762 g/mol. The first-order chi connectivity index (χ1) is 29.8. The second-order valence-corrected chi connectivity index (χ2v) is 16.7. The summed E-state index contributed by atoms with van der Waals surface area (Å²) in [5.74, 6) is 0.422. The molecular formula is C59H39N. The maximum Gasteiger partial charge on any atom is 0.0475 e. The molecule has 13 rings (SSSR count). The van der Waals surface area contributed by atoms with E-state index >= 15 is 0 Å². The molecule has 4 aliphatic rings. The molecule has 9 aromatic rings. The van der Waals surface area contributed by atoms with Crippen molar-refractivity contribution >= 4 is 22.4 Å². The topological polar surface area (TPSA) is 12.9 Å². The van der Waals surface area contributed by atoms with Crippen molar-refractivity contribution < 1.29 is 0 Å². The van der Waals surface area contributed by atoms with Crippen LogP contribution in [-0.2, 0) is 6.42 Å². The van der Waals surface area contributed by atoms with E-state index in [4.69, 9.17) is 4.98 Å². The SMILES string of the molecule is C1=CC(c2ccccn2)Cc2c1c(-c1ccccc1)c1c(c2-c2ccccc2)C2=CCC3c4c(ccc-1c42)-c1c3c(-c2ccccc2)c2ccccc2c1-c1ccccc1. The third-order valence-corrected chi connectivity index (χ3v) is 13.7. The minimum atomic E-state index is 0.192. The van der Waals surface area contributed by atoms with Gasteiger partial charge < -0.3 is 0 Å². The van der Waals surface area contributed by atoms with Crippen LogP contribution < -0.4 is 0 Å². The van der Waals surface area contributed by atoms with Crippen molar-refractivity contribution in [3.8, 4) is 66.8 Å². The number of benzene rings is 8. The van der Waals surface area contributed by atoms with Crippen molar-refractivity contribution in [3.63, 3.8) is 0 Å². The van der Waals surface area contributed by atoms with Crippen LogP contribution in [0.2, 0.25) is 0 Å². The zero-order valence-corrected chi connectivity index (χ0v) is 33.1. The van der Waals surface area contributed by atoms with Gasteiger partial charge in [0.15, 0.2) is 0 Å². The van der Waals surface area contributed by atoms with Crippen LogP contribution in [-0.4, -0.2) is 4.98 Å². The molecule has 0 saturated heterocycles. The van der Waals surface area contributed by atoms with Crippen LogP contribution in [0.5, 0.6) is 0 Å². The van der Waals surface area contributed by atoms with Crippen molar-refractivity contribution in [2.45, 2.75) is 24.7 Å². The van der Waals surface area contributed by atoms with Crippen LogP contribution in [0.4, 0.5) is 0 Å². The number of hydrogen-bond acceptors (Lipinski definition) is 1. The third-order valence-electron chi connectivity index (χ3n) is 13.7. The van der Waals surface area contributed by atoms with E-state index in [0.717, 1.165) is 18.5 Å². The highest BCUT2D eigenvalue weighted by Gasteiger charge is 2.44. The predicted octanol–water partition coefficient (Wildman–Crippen LogP) is 15.2. The van der Waals surface area contributed by atoms with E-state index in [1.54, 1.807) is 0 Å². The first kappa shape index (κ1) is 33.6. The first-order valence-corrected chi connectivity index (χ1v) is 21.3. The molecule has 0 bridgehead atoms. The summed E-state index contributed by atoms with van der Waals surface area (Å²) in [5.41, 5.74) is 27.1. The van der Waals surface area contributed by atoms with Gasteiger partial charge in [-0.3, -0.25) is 4.98 Å². The van der Waals surface area contributed by atoms with Crippen LogP contribution in [0.1, 0.15) is 57.3 Å². The van der Waals surface area contributed by atoms with Crippen LogP contribution >= 0.6 is 0 Å². The minimum Gasteiger partial charge on any atom is -0.261 e. The molecule has 0 saturated carbocycles. The van der Waals surface area contributed by atoms with Gasteiger partial charge in [-0.2, -0.15) is 0 Å². The molecule has 0 spiro atoms. The van der Waals surface area contributed by atoms with Crippen molar-refractivity contribution in [1.29, 1.82) is 0 Å². The Balaban J connectivity index is 1.14. The summed E-state index contributed by atoms with van der Waals surface area (Å²) in [6.07, 6.45) is 11.2. The molecule has 0 aliphatic heterocycles. The summed E-state index contributed by atoms with van der Waals surface area (Å²) in [4.78, 5) is 4.88. The van der Waals surface area contributed by atoms with Crippen molar-refractivity contribution in [3.05, 3.63) is 233 Å². The molecule has 0 fully saturated rings. The smallest absolute Gasteiger partial charge is 0.0475 e. The lowest BCUT2D eigenvalue weighted by atomic mass is 9.74. The van der Waals surface area contributed by atoms with Gasteiger partial charge in [0.05, 0.1) is 0 Å². The quantitative estimate of drug-likeness (QED) is 0.170. The molecule has 8 aromatic carbocycles. The zero-order valence-electron chi connectivity index (χ0n) is 33.1. The fourth-order valence-electron chi connectivity index (χ4n) is 11.4. The molecule has 1 nitrogen and oxygen atoms in total. The number of allylic oxidation sites excluding steroid dienone is 2. The minimum absolute atomic E-state index is 0.192. The molecular weight excluding hydrogens is 723 g/mol. The third kappa shape index (κ3) is 4.72. The van der Waals surface area contributed by atoms with E-state index in [1.807, 2.05) is 12.3 Å². The second kappa shape index (κ2) is 13.1. The van der Waals surface area contributed by atoms with Gasteiger partial charge in [-0.15, -0.1) is 0 Å². The van der Waals surface area contributed by atoms with Gasteiger partial charge in [0.2, 0.25) is 0 Å². The largest absolute Gasteiger partial charge is 0.261 e. The second-order valence-electron chi connectivity index (χ2n) is 16.7. The van der Waals surface area contributed by atoms with E-state index in [-0.39, 0.29) is 11.8 Å². The lowest BCUT2D eigenvalue weighted by Gasteiger charge is -2.29. The Morgan fingerprint density at radius 1 is 0.417 bits per heavy atom. The van der Waals surface area contributed by atoms with Gasteiger partial charge in [-0.25, -0.2) is 0 Å². The van der Waals surface area contributed by atoms with E-state index in [9.17, 15) is 0 Å². The standard InChI is InChI=1S/C59H39N/c1-5-17-36(18-6-1)50-41-25-13-14-26-42(41)51(37-19-7-2-8-20-37)57-45-32-33-47-55-46(31-30-44(54(45)55)56(50)57)58-52(38-21-9-3-10-22-38)43-29-28-40(49-27-15-16-34-60-49)35-48(43)53(59(47)58)39-23-11-4-12-24-39/h1-31,33-34,40,45H,32,35H2. The van der Waals surface area contributed by atoms with Gasteiger partial charge in [0.1, 0.15) is 0 Å². The predicted molar refractivity (Wildman–Crippen MR) is 250 cm³/mol. The zero-order chi connectivity index (χ0) is 39.3. The first-order valence-electron chi connectivity index (χ1n) is 21.3. The van der Waals surface area contributed by atoms with Crippen molar-refractivity contribution in [1.82, 2.24) is 4.98 Å². The summed E-state index contributed by atoms with van der Waals surface area (Å²) in [6, 6.07) is 65.1. The number of rotatable bonds is 5. The Labute approximate surface area is 350 Å². The molecule has 60 heavy (non-hydrogen) atoms. The number of pyridine rings is 1. The van der Waals surface area contributed by atoms with E-state index in [1.165, 1.54) is 116 Å². The average Bonchev–Trinajstić information content (AvgIpc) is 3.83. The Bertz CT molecular complexity index is 3270. The van der Waals surface area contributed by atoms with E-state index < -0.39 is 0 Å². The van der Waals surface area contributed by atoms with Gasteiger partial charge >= 0.3 is 0 Å². The van der Waals surface area contributed by atoms with Crippen LogP contribution in [0, 0.1) is 0 Å². The van der Waals surface area contributed by atoms with Gasteiger partial charge in [0.25, 0.3) is 0 Å². The van der Waals surface area contributed by atoms with Crippen molar-refractivity contribution in [2.24, 2.45) is 0 Å². The lowest BCUT2D eigenvalue weighted by Crippen LogP contribution is -2.12. The Hall–Kier alpha value is -7.35. The number of fused-ring (bicyclic) bond motifs is 8. The molecule has 280 valence electrons. The molecule has 2 atom stereocenters. The Kier molecular flexibility index (Phi) is 7.33. The molecule has 2 unspecified atom stereocenters. The summed E-state index contributed by atoms with van der Waals surface area (Å²) >= 11 is 0. The lowest BCUT2D eigenvalue weighted by molar-refractivity contribution is 0.795. The van der Waals surface area contributed by atoms with Crippen LogP contribution in [0.25, 0.3) is 89.2 Å². The fourth-order valence-corrected chi connectivity index (χ4v) is 11.4. The van der Waals surface area contributed by atoms with Crippen molar-refractivity contribution in [2.75, 3.05) is 0 Å². The fraction of sp³-hybridized carbons (Fsp3) is 0.0678. The summed E-state index contributed by atoms with van der Waals surface area (Å²) in [7, 11) is 0. The number of aromatic nitrogens is 1. The summed E-state index contributed by atoms with van der Waals surface area (Å²) in [6.45, 7) is 0. The normalized spacial score (nSPS) is 16.2. The molecule has 1 aromatic heterocycles. The van der Waals surface area contributed by atoms with Gasteiger partial charge in [-0.1, -0.05) is 182 Å². The maximum atomic E-state index is 4.88. The highest BCUT2D eigenvalue weighted by Crippen LogP contribution is 2.65. The Morgan fingerprint density at radius 2 is 0.983 bits per heavy atom. The van der Waals surface area contributed by atoms with Crippen LogP contribution in [0.15, 0.2) is 194 Å².